The summed E-state index contributed by atoms with van der Waals surface area (Å²) in [5.41, 5.74) is 8.38. The minimum atomic E-state index is -0.00381. The maximum absolute atomic E-state index is 11.5. The number of nitrogens with two attached hydrogens (primary N) is 1. The molecule has 0 unspecified atom stereocenters. The van der Waals surface area contributed by atoms with Gasteiger partial charge in [-0.1, -0.05) is 18.1 Å². The Morgan fingerprint density at radius 3 is 2.88 bits per heavy atom. The van der Waals surface area contributed by atoms with E-state index in [4.69, 9.17) is 5.73 Å². The maximum Gasteiger partial charge on any atom is 0.315 e. The Kier molecular flexibility index (Phi) is 7.12. The highest BCUT2D eigenvalue weighted by atomic mass is 32.2. The van der Waals surface area contributed by atoms with E-state index in [2.05, 4.69) is 42.1 Å². The molecule has 182 valence electrons. The summed E-state index contributed by atoms with van der Waals surface area (Å²) in [5.74, 6) is 1.45. The van der Waals surface area contributed by atoms with Crippen molar-refractivity contribution in [3.63, 3.8) is 0 Å². The van der Waals surface area contributed by atoms with Crippen molar-refractivity contribution in [2.45, 2.75) is 81.8 Å². The molecule has 2 amide bonds. The normalized spacial score (nSPS) is 21.6. The number of aryl methyl sites for hydroxylation is 3. The number of anilines is 1. The zero-order valence-corrected chi connectivity index (χ0v) is 20.1. The van der Waals surface area contributed by atoms with Gasteiger partial charge in [-0.25, -0.2) is 19.7 Å². The summed E-state index contributed by atoms with van der Waals surface area (Å²) in [6, 6.07) is 0.623. The number of nitrogens with one attached hydrogen (secondary N) is 2. The zero-order valence-electron chi connectivity index (χ0n) is 19.3. The van der Waals surface area contributed by atoms with Crippen LogP contribution in [0.25, 0.3) is 11.2 Å². The number of aromatic nitrogens is 7. The summed E-state index contributed by atoms with van der Waals surface area (Å²) in [6.45, 7) is 1.74. The van der Waals surface area contributed by atoms with Crippen LogP contribution in [-0.2, 0) is 19.5 Å². The van der Waals surface area contributed by atoms with Crippen molar-refractivity contribution < 1.29 is 4.79 Å². The number of unbranched alkanes of at least 4 members (excludes halogenated alkanes) is 4. The molecular weight excluding hydrogens is 452 g/mol. The first kappa shape index (κ1) is 22.9. The Hall–Kier alpha value is -2.89. The lowest BCUT2D eigenvalue weighted by atomic mass is 10.0. The van der Waals surface area contributed by atoms with E-state index < -0.39 is 0 Å². The van der Waals surface area contributed by atoms with Gasteiger partial charge in [0.15, 0.2) is 11.5 Å². The lowest BCUT2D eigenvalue weighted by molar-refractivity contribution is 0.247. The van der Waals surface area contributed by atoms with Crippen LogP contribution in [0.5, 0.6) is 0 Å². The lowest BCUT2D eigenvalue weighted by Crippen LogP contribution is -2.36. The van der Waals surface area contributed by atoms with Gasteiger partial charge in [-0.15, -0.1) is 5.10 Å². The van der Waals surface area contributed by atoms with Crippen LogP contribution in [0.3, 0.4) is 0 Å². The lowest BCUT2D eigenvalue weighted by Gasteiger charge is -2.16. The Balaban J connectivity index is 0.946. The number of nitrogens with zero attached hydrogens (tertiary/aromatic N) is 7. The smallest absolute Gasteiger partial charge is 0.315 e. The van der Waals surface area contributed by atoms with Gasteiger partial charge in [0.25, 0.3) is 0 Å². The summed E-state index contributed by atoms with van der Waals surface area (Å²) in [7, 11) is 0. The maximum atomic E-state index is 11.5. The van der Waals surface area contributed by atoms with Crippen LogP contribution in [0.15, 0.2) is 18.9 Å². The van der Waals surface area contributed by atoms with E-state index in [9.17, 15) is 4.79 Å². The Morgan fingerprint density at radius 1 is 1.06 bits per heavy atom. The first-order valence-electron chi connectivity index (χ1n) is 12.2. The molecule has 0 aromatic carbocycles. The number of fused-ring (bicyclic) bond motifs is 2. The van der Waals surface area contributed by atoms with Gasteiger partial charge in [0.2, 0.25) is 0 Å². The van der Waals surface area contributed by atoms with Crippen molar-refractivity contribution in [3.05, 3.63) is 24.5 Å². The average molecular weight is 485 g/mol. The van der Waals surface area contributed by atoms with Gasteiger partial charge < -0.3 is 20.9 Å². The van der Waals surface area contributed by atoms with Crippen LogP contribution in [0, 0.1) is 0 Å². The molecule has 12 heteroatoms. The molecule has 4 N–H and O–H groups in total. The minimum absolute atomic E-state index is 0.00381. The quantitative estimate of drug-likeness (QED) is 0.262. The number of imidazole rings is 1. The minimum Gasteiger partial charge on any atom is -0.382 e. The van der Waals surface area contributed by atoms with Gasteiger partial charge >= 0.3 is 6.03 Å². The van der Waals surface area contributed by atoms with Crippen LogP contribution < -0.4 is 16.4 Å². The predicted octanol–water partition coefficient (Wildman–Crippen LogP) is 2.14. The molecule has 0 bridgehead atoms. The standard InChI is InChI=1S/C22H32N10OS/c23-20-19-21(25-13-24-20)31(14-26-19)9-5-2-6-10-32-11-15(29-30-32)7-3-1-4-8-17-18-16(12-34-17)27-22(33)28-18/h11,13-14,16-18H,1-10,12H2,(H2,23,24,25)(H2,27,28,33)/t16-,17-,18-/m0/s1. The predicted molar refractivity (Wildman–Crippen MR) is 131 cm³/mol. The number of urea groups is 1. The van der Waals surface area contributed by atoms with Crippen molar-refractivity contribution in [1.29, 1.82) is 0 Å². The van der Waals surface area contributed by atoms with E-state index in [1.165, 1.54) is 19.2 Å². The second kappa shape index (κ2) is 10.6. The largest absolute Gasteiger partial charge is 0.382 e. The van der Waals surface area contributed by atoms with Crippen LogP contribution in [0.4, 0.5) is 10.6 Å². The number of nitrogen functional groups attached to an aromatic ring is 1. The van der Waals surface area contributed by atoms with Gasteiger partial charge in [-0.3, -0.25) is 4.68 Å². The van der Waals surface area contributed by atoms with E-state index in [1.54, 1.807) is 6.33 Å². The molecule has 5 heterocycles. The molecule has 2 aliphatic heterocycles. The second-order valence-electron chi connectivity index (χ2n) is 9.12. The van der Waals surface area contributed by atoms with Crippen LogP contribution in [-0.4, -0.2) is 63.6 Å². The summed E-state index contributed by atoms with van der Waals surface area (Å²) < 4.78 is 3.99. The molecule has 0 radical (unpaired) electrons. The summed E-state index contributed by atoms with van der Waals surface area (Å²) in [5, 5.41) is 15.3. The van der Waals surface area contributed by atoms with Crippen LogP contribution >= 0.6 is 11.8 Å². The van der Waals surface area contributed by atoms with Gasteiger partial charge in [-0.2, -0.15) is 11.8 Å². The fourth-order valence-corrected chi connectivity index (χ4v) is 6.37. The van der Waals surface area contributed by atoms with Gasteiger partial charge in [0, 0.05) is 30.3 Å². The van der Waals surface area contributed by atoms with E-state index in [1.807, 2.05) is 21.0 Å². The molecule has 0 saturated carbocycles. The van der Waals surface area contributed by atoms with E-state index in [0.29, 0.717) is 28.7 Å². The van der Waals surface area contributed by atoms with Crippen molar-refractivity contribution in [1.82, 2.24) is 45.1 Å². The SMILES string of the molecule is Nc1ncnc2c1ncn2CCCCCn1cc(CCCCC[C@@H]2SC[C@@H]3NC(=O)N[C@@H]32)nn1. The molecular formula is C22H32N10OS. The molecule has 34 heavy (non-hydrogen) atoms. The third-order valence-electron chi connectivity index (χ3n) is 6.66. The number of amides is 2. The molecule has 0 aliphatic carbocycles. The first-order chi connectivity index (χ1) is 16.7. The number of rotatable bonds is 12. The highest BCUT2D eigenvalue weighted by Crippen LogP contribution is 2.33. The monoisotopic (exact) mass is 484 g/mol. The number of thioether (sulfide) groups is 1. The molecule has 0 spiro atoms. The number of hydrogen-bond donors (Lipinski definition) is 3. The third kappa shape index (κ3) is 5.26. The first-order valence-corrected chi connectivity index (χ1v) is 13.2. The van der Waals surface area contributed by atoms with Crippen LogP contribution in [0.1, 0.15) is 50.6 Å². The Bertz CT molecular complexity index is 1110. The van der Waals surface area contributed by atoms with E-state index >= 15 is 0 Å². The van der Waals surface area contributed by atoms with Gasteiger partial charge in [-0.05, 0) is 38.5 Å². The van der Waals surface area contributed by atoms with Crippen molar-refractivity contribution in [3.8, 4) is 0 Å². The van der Waals surface area contributed by atoms with E-state index in [0.717, 1.165) is 68.7 Å². The van der Waals surface area contributed by atoms with Crippen molar-refractivity contribution in [2.24, 2.45) is 0 Å². The zero-order chi connectivity index (χ0) is 23.3. The number of carbonyl (C=O) groups excluding carboxylic acids is 1. The highest BCUT2D eigenvalue weighted by Gasteiger charge is 2.42. The number of carbonyl (C=O) groups is 1. The molecule has 2 saturated heterocycles. The molecule has 2 fully saturated rings. The second-order valence-corrected chi connectivity index (χ2v) is 10.4. The average Bonchev–Trinajstić information content (AvgIpc) is 3.59. The van der Waals surface area contributed by atoms with E-state index in [-0.39, 0.29) is 6.03 Å². The molecule has 3 atom stereocenters. The fourth-order valence-electron chi connectivity index (χ4n) is 4.83. The Morgan fingerprint density at radius 2 is 1.94 bits per heavy atom. The van der Waals surface area contributed by atoms with Gasteiger partial charge in [0.05, 0.1) is 24.1 Å². The number of hydrogen-bond acceptors (Lipinski definition) is 8. The molecule has 3 aromatic heterocycles. The van der Waals surface area contributed by atoms with Gasteiger partial charge in [0.1, 0.15) is 11.8 Å². The summed E-state index contributed by atoms with van der Waals surface area (Å²) in [4.78, 5) is 24.1. The van der Waals surface area contributed by atoms with Crippen molar-refractivity contribution >= 4 is 34.8 Å². The van der Waals surface area contributed by atoms with Crippen LogP contribution in [0.2, 0.25) is 0 Å². The summed E-state index contributed by atoms with van der Waals surface area (Å²) >= 11 is 1.99. The highest BCUT2D eigenvalue weighted by molar-refractivity contribution is 8.00. The fraction of sp³-hybridized carbons (Fsp3) is 0.636. The molecule has 3 aromatic rings. The molecule has 5 rings (SSSR count). The summed E-state index contributed by atoms with van der Waals surface area (Å²) in [6.07, 6.45) is 14.2. The topological polar surface area (TPSA) is 141 Å². The van der Waals surface area contributed by atoms with Crippen molar-refractivity contribution in [2.75, 3.05) is 11.5 Å². The Labute approximate surface area is 202 Å². The third-order valence-corrected chi connectivity index (χ3v) is 8.17. The molecule has 11 nitrogen and oxygen atoms in total. The molecule has 2 aliphatic rings.